The third kappa shape index (κ3) is 5.80. The van der Waals surface area contributed by atoms with E-state index in [9.17, 15) is 19.2 Å². The molecular weight excluding hydrogens is 482 g/mol. The molecule has 2 aromatic rings. The van der Waals surface area contributed by atoms with Gasteiger partial charge in [-0.3, -0.25) is 24.5 Å². The smallest absolute Gasteiger partial charge is 0.253 e. The highest BCUT2D eigenvalue weighted by Gasteiger charge is 2.32. The Balaban J connectivity index is 1.17. The Hall–Kier alpha value is -3.52. The van der Waals surface area contributed by atoms with E-state index >= 15 is 0 Å². The molecule has 3 aliphatic rings. The van der Waals surface area contributed by atoms with Gasteiger partial charge >= 0.3 is 0 Å². The molecule has 2 aliphatic heterocycles. The minimum absolute atomic E-state index is 0.0633. The maximum atomic E-state index is 13.3. The zero-order chi connectivity index (χ0) is 26.6. The molecule has 2 unspecified atom stereocenters. The van der Waals surface area contributed by atoms with Crippen molar-refractivity contribution in [2.45, 2.75) is 45.1 Å². The van der Waals surface area contributed by atoms with Crippen LogP contribution in [-0.4, -0.2) is 66.5 Å². The van der Waals surface area contributed by atoms with E-state index in [0.29, 0.717) is 43.4 Å². The first kappa shape index (κ1) is 26.1. The molecule has 2 saturated heterocycles. The molecule has 1 N–H and O–H groups in total. The van der Waals surface area contributed by atoms with Gasteiger partial charge in [0, 0.05) is 61.1 Å². The second-order valence-corrected chi connectivity index (χ2v) is 10.7. The van der Waals surface area contributed by atoms with Gasteiger partial charge in [0.2, 0.25) is 11.8 Å². The number of rotatable bonds is 7. The monoisotopic (exact) mass is 517 g/mol. The summed E-state index contributed by atoms with van der Waals surface area (Å²) < 4.78 is 6.14. The van der Waals surface area contributed by atoms with Gasteiger partial charge in [0.25, 0.3) is 5.91 Å². The molecule has 0 aromatic heterocycles. The largest absolute Gasteiger partial charge is 0.489 e. The molecule has 2 atom stereocenters. The third-order valence-electron chi connectivity index (χ3n) is 8.11. The standard InChI is InChI=1S/C30H35N3O5/c1-32-15-17-33(18-16-32)30(37)23-7-5-20(6-8-23)19-38-26-4-2-3-25-24(26)13-11-21(28(25)35)9-10-22-12-14-27(34)31-29(22)36/h2-8,21-22H,9-19H2,1H3,(H,31,34,36). The predicted octanol–water partition coefficient (Wildman–Crippen LogP) is 3.23. The molecule has 2 heterocycles. The number of nitrogens with one attached hydrogen (secondary N) is 1. The van der Waals surface area contributed by atoms with Crippen molar-refractivity contribution in [1.29, 1.82) is 0 Å². The van der Waals surface area contributed by atoms with E-state index in [-0.39, 0.29) is 35.3 Å². The van der Waals surface area contributed by atoms with Crippen molar-refractivity contribution in [3.05, 3.63) is 64.7 Å². The minimum atomic E-state index is -0.212. The number of likely N-dealkylation sites (N-methyl/N-ethyl adjacent to an activating group) is 1. The highest BCUT2D eigenvalue weighted by Crippen LogP contribution is 2.35. The summed E-state index contributed by atoms with van der Waals surface area (Å²) in [6.07, 6.45) is 3.67. The van der Waals surface area contributed by atoms with Crippen LogP contribution in [0.2, 0.25) is 0 Å². The van der Waals surface area contributed by atoms with Crippen LogP contribution in [-0.2, 0) is 22.6 Å². The Morgan fingerprint density at radius 2 is 1.63 bits per heavy atom. The molecule has 5 rings (SSSR count). The number of Topliss-reactive ketones (excluding diaryl/α,β-unsaturated/α-hetero) is 1. The molecule has 0 saturated carbocycles. The maximum absolute atomic E-state index is 13.3. The highest BCUT2D eigenvalue weighted by atomic mass is 16.5. The molecule has 0 bridgehead atoms. The quantitative estimate of drug-likeness (QED) is 0.567. The van der Waals surface area contributed by atoms with E-state index in [0.717, 1.165) is 55.9 Å². The van der Waals surface area contributed by atoms with Gasteiger partial charge < -0.3 is 14.5 Å². The van der Waals surface area contributed by atoms with Gasteiger partial charge in [0.1, 0.15) is 12.4 Å². The Labute approximate surface area is 223 Å². The maximum Gasteiger partial charge on any atom is 0.253 e. The molecule has 8 nitrogen and oxygen atoms in total. The van der Waals surface area contributed by atoms with Crippen LogP contribution in [0.15, 0.2) is 42.5 Å². The molecule has 2 aromatic carbocycles. The fraction of sp³-hybridized carbons (Fsp3) is 0.467. The number of amides is 3. The van der Waals surface area contributed by atoms with E-state index in [1.807, 2.05) is 47.4 Å². The van der Waals surface area contributed by atoms with Crippen LogP contribution in [0.1, 0.15) is 63.9 Å². The van der Waals surface area contributed by atoms with Crippen molar-refractivity contribution >= 4 is 23.5 Å². The highest BCUT2D eigenvalue weighted by molar-refractivity contribution is 6.01. The first-order valence-corrected chi connectivity index (χ1v) is 13.6. The lowest BCUT2D eigenvalue weighted by atomic mass is 9.78. The molecule has 1 aliphatic carbocycles. The predicted molar refractivity (Wildman–Crippen MR) is 142 cm³/mol. The van der Waals surface area contributed by atoms with Crippen LogP contribution in [0, 0.1) is 11.8 Å². The van der Waals surface area contributed by atoms with Gasteiger partial charge in [-0.2, -0.15) is 0 Å². The van der Waals surface area contributed by atoms with Crippen molar-refractivity contribution < 1.29 is 23.9 Å². The zero-order valence-electron chi connectivity index (χ0n) is 21.9. The molecule has 8 heteroatoms. The van der Waals surface area contributed by atoms with Crippen molar-refractivity contribution in [1.82, 2.24) is 15.1 Å². The third-order valence-corrected chi connectivity index (χ3v) is 8.11. The molecule has 0 spiro atoms. The summed E-state index contributed by atoms with van der Waals surface area (Å²) in [5.74, 6) is 0.156. The van der Waals surface area contributed by atoms with Crippen molar-refractivity contribution in [2.24, 2.45) is 11.8 Å². The van der Waals surface area contributed by atoms with E-state index in [2.05, 4.69) is 17.3 Å². The number of fused-ring (bicyclic) bond motifs is 1. The van der Waals surface area contributed by atoms with Crippen LogP contribution in [0.25, 0.3) is 0 Å². The summed E-state index contributed by atoms with van der Waals surface area (Å²) in [5, 5.41) is 2.40. The number of benzene rings is 2. The summed E-state index contributed by atoms with van der Waals surface area (Å²) in [5.41, 5.74) is 3.29. The molecule has 38 heavy (non-hydrogen) atoms. The number of piperazine rings is 1. The van der Waals surface area contributed by atoms with Gasteiger partial charge in [-0.05, 0) is 62.9 Å². The number of nitrogens with zero attached hydrogens (tertiary/aromatic N) is 2. The summed E-state index contributed by atoms with van der Waals surface area (Å²) in [6, 6.07) is 13.2. The van der Waals surface area contributed by atoms with Crippen molar-refractivity contribution in [3.63, 3.8) is 0 Å². The van der Waals surface area contributed by atoms with Gasteiger partial charge in [-0.1, -0.05) is 24.3 Å². The van der Waals surface area contributed by atoms with Gasteiger partial charge in [-0.15, -0.1) is 0 Å². The lowest BCUT2D eigenvalue weighted by Gasteiger charge is -2.32. The summed E-state index contributed by atoms with van der Waals surface area (Å²) in [7, 11) is 2.07. The van der Waals surface area contributed by atoms with Crippen LogP contribution in [0.4, 0.5) is 0 Å². The average Bonchev–Trinajstić information content (AvgIpc) is 2.93. The minimum Gasteiger partial charge on any atom is -0.489 e. The average molecular weight is 518 g/mol. The van der Waals surface area contributed by atoms with Crippen LogP contribution >= 0.6 is 0 Å². The fourth-order valence-corrected chi connectivity index (χ4v) is 5.65. The fourth-order valence-electron chi connectivity index (χ4n) is 5.65. The summed E-state index contributed by atoms with van der Waals surface area (Å²) >= 11 is 0. The number of carbonyl (C=O) groups excluding carboxylic acids is 4. The topological polar surface area (TPSA) is 96.0 Å². The van der Waals surface area contributed by atoms with Gasteiger partial charge in [0.05, 0.1) is 0 Å². The Morgan fingerprint density at radius 3 is 2.37 bits per heavy atom. The Morgan fingerprint density at radius 1 is 0.921 bits per heavy atom. The second kappa shape index (κ2) is 11.5. The van der Waals surface area contributed by atoms with Crippen LogP contribution in [0.5, 0.6) is 5.75 Å². The summed E-state index contributed by atoms with van der Waals surface area (Å²) in [4.78, 5) is 53.6. The Kier molecular flexibility index (Phi) is 7.88. The van der Waals surface area contributed by atoms with Crippen LogP contribution < -0.4 is 10.1 Å². The van der Waals surface area contributed by atoms with Gasteiger partial charge in [-0.25, -0.2) is 0 Å². The van der Waals surface area contributed by atoms with Crippen molar-refractivity contribution in [2.75, 3.05) is 33.2 Å². The first-order chi connectivity index (χ1) is 18.4. The van der Waals surface area contributed by atoms with Crippen LogP contribution in [0.3, 0.4) is 0 Å². The number of ether oxygens (including phenoxy) is 1. The zero-order valence-corrected chi connectivity index (χ0v) is 21.9. The number of ketones is 1. The summed E-state index contributed by atoms with van der Waals surface area (Å²) in [6.45, 7) is 3.63. The number of imide groups is 1. The lowest BCUT2D eigenvalue weighted by molar-refractivity contribution is -0.136. The number of carbonyl (C=O) groups is 4. The molecule has 2 fully saturated rings. The lowest BCUT2D eigenvalue weighted by Crippen LogP contribution is -2.47. The number of hydrogen-bond donors (Lipinski definition) is 1. The molecule has 3 amide bonds. The van der Waals surface area contributed by atoms with E-state index in [1.165, 1.54) is 0 Å². The number of hydrogen-bond acceptors (Lipinski definition) is 6. The van der Waals surface area contributed by atoms with Gasteiger partial charge in [0.15, 0.2) is 5.78 Å². The van der Waals surface area contributed by atoms with E-state index < -0.39 is 0 Å². The normalized spacial score (nSPS) is 22.1. The Bertz CT molecular complexity index is 1220. The van der Waals surface area contributed by atoms with Crippen molar-refractivity contribution in [3.8, 4) is 5.75 Å². The number of piperidine rings is 1. The molecule has 0 radical (unpaired) electrons. The van der Waals surface area contributed by atoms with E-state index in [1.54, 1.807) is 0 Å². The molecule has 200 valence electrons. The SMILES string of the molecule is CN1CCN(C(=O)c2ccc(COc3cccc4c3CCC(CCC3CCC(=O)NC3=O)C4=O)cc2)CC1. The first-order valence-electron chi connectivity index (χ1n) is 13.6. The second-order valence-electron chi connectivity index (χ2n) is 10.7. The van der Waals surface area contributed by atoms with E-state index in [4.69, 9.17) is 4.74 Å². The molecular formula is C30H35N3O5.